The summed E-state index contributed by atoms with van der Waals surface area (Å²) in [6.07, 6.45) is -2.81. The van der Waals surface area contributed by atoms with E-state index >= 15 is 0 Å². The highest BCUT2D eigenvalue weighted by Gasteiger charge is 2.32. The van der Waals surface area contributed by atoms with Gasteiger partial charge in [-0.2, -0.15) is 13.2 Å². The molecule has 1 saturated carbocycles. The van der Waals surface area contributed by atoms with Crippen molar-refractivity contribution < 1.29 is 18.3 Å². The molecular weight excluding hydrogens is 255 g/mol. The molecule has 0 aromatic heterocycles. The van der Waals surface area contributed by atoms with E-state index in [1.54, 1.807) is 19.1 Å². The van der Waals surface area contributed by atoms with Crippen LogP contribution in [0.4, 0.5) is 13.2 Å². The summed E-state index contributed by atoms with van der Waals surface area (Å²) in [5.41, 5.74) is 0.363. The zero-order valence-corrected chi connectivity index (χ0v) is 10.7. The minimum atomic E-state index is -4.26. The van der Waals surface area contributed by atoms with E-state index in [2.05, 4.69) is 5.32 Å². The zero-order chi connectivity index (χ0) is 14.0. The third-order valence-corrected chi connectivity index (χ3v) is 3.55. The van der Waals surface area contributed by atoms with E-state index < -0.39 is 11.7 Å². The second kappa shape index (κ2) is 5.51. The molecule has 0 aliphatic heterocycles. The smallest absolute Gasteiger partial charge is 0.392 e. The maximum Gasteiger partial charge on any atom is 0.416 e. The van der Waals surface area contributed by atoms with Crippen LogP contribution in [0.3, 0.4) is 0 Å². The number of aliphatic hydroxyl groups excluding tert-OH is 1. The molecule has 1 fully saturated rings. The molecule has 0 radical (unpaired) electrons. The van der Waals surface area contributed by atoms with Gasteiger partial charge in [0, 0.05) is 12.6 Å². The van der Waals surface area contributed by atoms with Crippen molar-refractivity contribution in [3.63, 3.8) is 0 Å². The number of hydrogen-bond acceptors (Lipinski definition) is 2. The molecule has 1 aliphatic carbocycles. The highest BCUT2D eigenvalue weighted by atomic mass is 19.4. The standard InChI is InChI=1S/C14H18F3NO/c1-9(19)8-18-13-6-11(7-13)10-2-4-12(5-3-10)14(15,16)17/h2-5,9,11,13,18-19H,6-8H2,1H3/t9-,11?,13?/m0/s1. The third kappa shape index (κ3) is 3.70. The van der Waals surface area contributed by atoms with Crippen molar-refractivity contribution in [2.45, 2.75) is 44.0 Å². The van der Waals surface area contributed by atoms with Crippen molar-refractivity contribution in [3.8, 4) is 0 Å². The van der Waals surface area contributed by atoms with Crippen LogP contribution in [-0.2, 0) is 6.18 Å². The molecule has 0 unspecified atom stereocenters. The SMILES string of the molecule is C[C@H](O)CNC1CC(c2ccc(C(F)(F)F)cc2)C1. The Morgan fingerprint density at radius 2 is 1.84 bits per heavy atom. The number of hydrogen-bond donors (Lipinski definition) is 2. The van der Waals surface area contributed by atoms with Crippen LogP contribution in [0, 0.1) is 0 Å². The van der Waals surface area contributed by atoms with Gasteiger partial charge in [0.05, 0.1) is 11.7 Å². The van der Waals surface area contributed by atoms with Gasteiger partial charge in [-0.05, 0) is 43.4 Å². The summed E-state index contributed by atoms with van der Waals surface area (Å²) < 4.78 is 37.3. The highest BCUT2D eigenvalue weighted by molar-refractivity contribution is 5.28. The van der Waals surface area contributed by atoms with Gasteiger partial charge in [-0.3, -0.25) is 0 Å². The first-order valence-corrected chi connectivity index (χ1v) is 6.45. The topological polar surface area (TPSA) is 32.3 Å². The van der Waals surface area contributed by atoms with E-state index in [9.17, 15) is 13.2 Å². The van der Waals surface area contributed by atoms with Crippen molar-refractivity contribution in [1.82, 2.24) is 5.32 Å². The lowest BCUT2D eigenvalue weighted by Gasteiger charge is -2.36. The monoisotopic (exact) mass is 273 g/mol. The van der Waals surface area contributed by atoms with Gasteiger partial charge in [-0.15, -0.1) is 0 Å². The second-order valence-corrected chi connectivity index (χ2v) is 5.24. The Morgan fingerprint density at radius 1 is 1.26 bits per heavy atom. The maximum absolute atomic E-state index is 12.4. The first kappa shape index (κ1) is 14.3. The summed E-state index contributed by atoms with van der Waals surface area (Å²) in [7, 11) is 0. The van der Waals surface area contributed by atoms with Gasteiger partial charge in [-0.1, -0.05) is 12.1 Å². The largest absolute Gasteiger partial charge is 0.416 e. The van der Waals surface area contributed by atoms with Gasteiger partial charge in [0.2, 0.25) is 0 Å². The molecule has 0 spiro atoms. The van der Waals surface area contributed by atoms with Gasteiger partial charge >= 0.3 is 6.18 Å². The molecule has 0 amide bonds. The fraction of sp³-hybridized carbons (Fsp3) is 0.571. The lowest BCUT2D eigenvalue weighted by Crippen LogP contribution is -2.42. The summed E-state index contributed by atoms with van der Waals surface area (Å²) in [6.45, 7) is 2.28. The van der Waals surface area contributed by atoms with Crippen molar-refractivity contribution in [2.75, 3.05) is 6.54 Å². The molecule has 106 valence electrons. The Morgan fingerprint density at radius 3 is 2.32 bits per heavy atom. The van der Waals surface area contributed by atoms with Crippen LogP contribution in [0.1, 0.15) is 36.8 Å². The van der Waals surface area contributed by atoms with Crippen LogP contribution >= 0.6 is 0 Å². The number of benzene rings is 1. The van der Waals surface area contributed by atoms with E-state index in [0.717, 1.165) is 30.5 Å². The van der Waals surface area contributed by atoms with Crippen LogP contribution in [0.15, 0.2) is 24.3 Å². The van der Waals surface area contributed by atoms with E-state index in [0.29, 0.717) is 18.5 Å². The number of alkyl halides is 3. The quantitative estimate of drug-likeness (QED) is 0.884. The molecule has 1 aliphatic rings. The van der Waals surface area contributed by atoms with E-state index in [-0.39, 0.29) is 6.10 Å². The number of rotatable bonds is 4. The van der Waals surface area contributed by atoms with Gasteiger partial charge in [0.25, 0.3) is 0 Å². The molecule has 0 saturated heterocycles. The average Bonchev–Trinajstić information content (AvgIpc) is 2.26. The van der Waals surface area contributed by atoms with Gasteiger partial charge in [0.1, 0.15) is 0 Å². The molecule has 1 atom stereocenters. The molecule has 2 nitrogen and oxygen atoms in total. The first-order chi connectivity index (χ1) is 8.86. The predicted octanol–water partition coefficient (Wildman–Crippen LogP) is 2.92. The van der Waals surface area contributed by atoms with Crippen LogP contribution in [0.5, 0.6) is 0 Å². The molecule has 19 heavy (non-hydrogen) atoms. The molecule has 0 heterocycles. The summed E-state index contributed by atoms with van der Waals surface area (Å²) in [5.74, 6) is 0.328. The Labute approximate surface area is 110 Å². The Hall–Kier alpha value is -1.07. The molecule has 5 heteroatoms. The fourth-order valence-electron chi connectivity index (χ4n) is 2.34. The minimum Gasteiger partial charge on any atom is -0.392 e. The van der Waals surface area contributed by atoms with Crippen molar-refractivity contribution in [1.29, 1.82) is 0 Å². The Balaban J connectivity index is 1.85. The van der Waals surface area contributed by atoms with Crippen LogP contribution in [0.25, 0.3) is 0 Å². The van der Waals surface area contributed by atoms with E-state index in [1.807, 2.05) is 0 Å². The lowest BCUT2D eigenvalue weighted by atomic mass is 9.75. The minimum absolute atomic E-state index is 0.328. The van der Waals surface area contributed by atoms with Gasteiger partial charge in [-0.25, -0.2) is 0 Å². The molecular formula is C14H18F3NO. The van der Waals surface area contributed by atoms with Gasteiger partial charge in [0.15, 0.2) is 0 Å². The number of nitrogens with one attached hydrogen (secondary N) is 1. The summed E-state index contributed by atoms with van der Waals surface area (Å²) >= 11 is 0. The number of halogens is 3. The van der Waals surface area contributed by atoms with E-state index in [1.165, 1.54) is 0 Å². The normalized spacial score (nSPS) is 24.9. The fourth-order valence-corrected chi connectivity index (χ4v) is 2.34. The average molecular weight is 273 g/mol. The lowest BCUT2D eigenvalue weighted by molar-refractivity contribution is -0.137. The maximum atomic E-state index is 12.4. The zero-order valence-electron chi connectivity index (χ0n) is 10.7. The molecule has 1 aromatic carbocycles. The number of aliphatic hydroxyl groups is 1. The predicted molar refractivity (Wildman–Crippen MR) is 66.9 cm³/mol. The molecule has 2 N–H and O–H groups in total. The summed E-state index contributed by atoms with van der Waals surface area (Å²) in [5, 5.41) is 12.4. The van der Waals surface area contributed by atoms with E-state index in [4.69, 9.17) is 5.11 Å². The Kier molecular flexibility index (Phi) is 4.16. The van der Waals surface area contributed by atoms with Crippen molar-refractivity contribution in [3.05, 3.63) is 35.4 Å². The first-order valence-electron chi connectivity index (χ1n) is 6.45. The molecule has 0 bridgehead atoms. The Bertz CT molecular complexity index is 408. The summed E-state index contributed by atoms with van der Waals surface area (Å²) in [4.78, 5) is 0. The van der Waals surface area contributed by atoms with Crippen molar-refractivity contribution >= 4 is 0 Å². The van der Waals surface area contributed by atoms with Crippen LogP contribution in [-0.4, -0.2) is 23.8 Å². The van der Waals surface area contributed by atoms with Crippen molar-refractivity contribution in [2.24, 2.45) is 0 Å². The third-order valence-electron chi connectivity index (χ3n) is 3.55. The summed E-state index contributed by atoms with van der Waals surface area (Å²) in [6, 6.07) is 5.79. The van der Waals surface area contributed by atoms with Crippen LogP contribution < -0.4 is 5.32 Å². The highest BCUT2D eigenvalue weighted by Crippen LogP contribution is 2.38. The van der Waals surface area contributed by atoms with Crippen LogP contribution in [0.2, 0.25) is 0 Å². The molecule has 1 aromatic rings. The molecule has 2 rings (SSSR count). The van der Waals surface area contributed by atoms with Gasteiger partial charge < -0.3 is 10.4 Å². The second-order valence-electron chi connectivity index (χ2n) is 5.24.